The number of aryl methyl sites for hydroxylation is 1. The van der Waals surface area contributed by atoms with Gasteiger partial charge in [0, 0.05) is 5.69 Å². The van der Waals surface area contributed by atoms with Gasteiger partial charge in [0.2, 0.25) is 5.95 Å². The molecular weight excluding hydrogens is 266 g/mol. The second-order valence-electron chi connectivity index (χ2n) is 3.88. The largest absolute Gasteiger partial charge is 0.481 e. The fourth-order valence-corrected chi connectivity index (χ4v) is 2.20. The van der Waals surface area contributed by atoms with E-state index in [0.29, 0.717) is 11.7 Å². The number of nitrogens with zero attached hydrogens (tertiary/aromatic N) is 4. The Bertz CT molecular complexity index is 599. The third kappa shape index (κ3) is 3.44. The van der Waals surface area contributed by atoms with Crippen molar-refractivity contribution in [3.63, 3.8) is 0 Å². The van der Waals surface area contributed by atoms with Gasteiger partial charge in [0.25, 0.3) is 0 Å². The zero-order valence-electron chi connectivity index (χ0n) is 10.3. The molecule has 8 heteroatoms. The number of carboxylic acids is 1. The molecule has 0 aliphatic carbocycles. The molecule has 0 fully saturated rings. The van der Waals surface area contributed by atoms with Crippen LogP contribution in [0.5, 0.6) is 0 Å². The lowest BCUT2D eigenvalue weighted by Crippen LogP contribution is -2.08. The Labute approximate surface area is 113 Å². The minimum Gasteiger partial charge on any atom is -0.481 e. The van der Waals surface area contributed by atoms with Gasteiger partial charge < -0.3 is 10.8 Å². The molecule has 0 bridgehead atoms. The van der Waals surface area contributed by atoms with E-state index in [1.807, 2.05) is 25.1 Å². The summed E-state index contributed by atoms with van der Waals surface area (Å²) in [5.41, 5.74) is 7.46. The van der Waals surface area contributed by atoms with Gasteiger partial charge >= 0.3 is 5.97 Å². The van der Waals surface area contributed by atoms with Gasteiger partial charge in [-0.2, -0.15) is 0 Å². The zero-order chi connectivity index (χ0) is 13.8. The smallest absolute Gasteiger partial charge is 0.313 e. The van der Waals surface area contributed by atoms with Gasteiger partial charge in [-0.15, -0.1) is 10.2 Å². The van der Waals surface area contributed by atoms with Crippen molar-refractivity contribution in [3.8, 4) is 0 Å². The molecule has 2 aromatic heterocycles. The first-order chi connectivity index (χ1) is 9.06. The van der Waals surface area contributed by atoms with Gasteiger partial charge in [0.05, 0.1) is 18.0 Å². The highest BCUT2D eigenvalue weighted by Gasteiger charge is 2.12. The predicted octanol–water partition coefficient (Wildman–Crippen LogP) is 0.789. The SMILES string of the molecule is Cc1cccc(Cn2c(N)nnc2SCC(=O)O)n1. The number of hydrogen-bond donors (Lipinski definition) is 2. The van der Waals surface area contributed by atoms with Crippen LogP contribution in [-0.4, -0.2) is 36.6 Å². The van der Waals surface area contributed by atoms with E-state index < -0.39 is 5.97 Å². The highest BCUT2D eigenvalue weighted by Crippen LogP contribution is 2.19. The number of carbonyl (C=O) groups is 1. The van der Waals surface area contributed by atoms with E-state index in [9.17, 15) is 4.79 Å². The molecule has 0 aliphatic heterocycles. The molecule has 0 saturated carbocycles. The highest BCUT2D eigenvalue weighted by atomic mass is 32.2. The van der Waals surface area contributed by atoms with Crippen LogP contribution in [0.25, 0.3) is 0 Å². The lowest BCUT2D eigenvalue weighted by molar-refractivity contribution is -0.133. The van der Waals surface area contributed by atoms with Crippen LogP contribution in [-0.2, 0) is 11.3 Å². The fourth-order valence-electron chi connectivity index (χ4n) is 1.53. The molecule has 2 heterocycles. The number of pyridine rings is 1. The number of thioether (sulfide) groups is 1. The number of hydrogen-bond acceptors (Lipinski definition) is 6. The number of aliphatic carboxylic acids is 1. The molecule has 0 saturated heterocycles. The number of rotatable bonds is 5. The topological polar surface area (TPSA) is 107 Å². The van der Waals surface area contributed by atoms with Crippen LogP contribution in [0.15, 0.2) is 23.4 Å². The molecular formula is C11H13N5O2S. The van der Waals surface area contributed by atoms with E-state index in [0.717, 1.165) is 23.1 Å². The van der Waals surface area contributed by atoms with Gasteiger partial charge in [0.15, 0.2) is 5.16 Å². The maximum absolute atomic E-state index is 10.6. The van der Waals surface area contributed by atoms with Crippen molar-refractivity contribution in [2.75, 3.05) is 11.5 Å². The molecule has 0 aromatic carbocycles. The molecule has 0 spiro atoms. The van der Waals surface area contributed by atoms with Crippen molar-refractivity contribution < 1.29 is 9.90 Å². The van der Waals surface area contributed by atoms with Crippen molar-refractivity contribution in [1.29, 1.82) is 0 Å². The summed E-state index contributed by atoms with van der Waals surface area (Å²) < 4.78 is 1.65. The van der Waals surface area contributed by atoms with Crippen LogP contribution < -0.4 is 5.73 Å². The molecule has 2 rings (SSSR count). The quantitative estimate of drug-likeness (QED) is 0.779. The third-order valence-electron chi connectivity index (χ3n) is 2.34. The number of aromatic nitrogens is 4. The molecule has 19 heavy (non-hydrogen) atoms. The van der Waals surface area contributed by atoms with E-state index in [1.54, 1.807) is 4.57 Å². The van der Waals surface area contributed by atoms with E-state index in [2.05, 4.69) is 15.2 Å². The van der Waals surface area contributed by atoms with Crippen LogP contribution in [0, 0.1) is 6.92 Å². The average molecular weight is 279 g/mol. The average Bonchev–Trinajstić information content (AvgIpc) is 2.68. The van der Waals surface area contributed by atoms with Crippen molar-refractivity contribution in [2.45, 2.75) is 18.6 Å². The lowest BCUT2D eigenvalue weighted by atomic mass is 10.3. The van der Waals surface area contributed by atoms with Crippen molar-refractivity contribution >= 4 is 23.7 Å². The summed E-state index contributed by atoms with van der Waals surface area (Å²) in [5, 5.41) is 16.8. The number of nitrogens with two attached hydrogens (primary N) is 1. The summed E-state index contributed by atoms with van der Waals surface area (Å²) in [6.07, 6.45) is 0. The van der Waals surface area contributed by atoms with Crippen LogP contribution in [0.4, 0.5) is 5.95 Å². The molecule has 0 unspecified atom stereocenters. The molecule has 0 radical (unpaired) electrons. The summed E-state index contributed by atoms with van der Waals surface area (Å²) >= 11 is 1.08. The predicted molar refractivity (Wildman–Crippen MR) is 70.9 cm³/mol. The lowest BCUT2D eigenvalue weighted by Gasteiger charge is -2.07. The Morgan fingerprint density at radius 2 is 2.26 bits per heavy atom. The van der Waals surface area contributed by atoms with Gasteiger partial charge in [-0.25, -0.2) is 0 Å². The van der Waals surface area contributed by atoms with E-state index in [4.69, 9.17) is 10.8 Å². The summed E-state index contributed by atoms with van der Waals surface area (Å²) in [5.74, 6) is -0.748. The van der Waals surface area contributed by atoms with Gasteiger partial charge in [-0.3, -0.25) is 14.3 Å². The van der Waals surface area contributed by atoms with Gasteiger partial charge in [-0.1, -0.05) is 17.8 Å². The minimum atomic E-state index is -0.910. The summed E-state index contributed by atoms with van der Waals surface area (Å²) in [7, 11) is 0. The Morgan fingerprint density at radius 1 is 1.47 bits per heavy atom. The van der Waals surface area contributed by atoms with Crippen molar-refractivity contribution in [1.82, 2.24) is 19.7 Å². The molecule has 100 valence electrons. The Morgan fingerprint density at radius 3 is 2.95 bits per heavy atom. The molecule has 2 aromatic rings. The summed E-state index contributed by atoms with van der Waals surface area (Å²) in [6, 6.07) is 5.68. The summed E-state index contributed by atoms with van der Waals surface area (Å²) in [6.45, 7) is 2.32. The van der Waals surface area contributed by atoms with Gasteiger partial charge in [-0.05, 0) is 19.1 Å². The monoisotopic (exact) mass is 279 g/mol. The van der Waals surface area contributed by atoms with Crippen LogP contribution in [0.3, 0.4) is 0 Å². The second-order valence-corrected chi connectivity index (χ2v) is 4.82. The zero-order valence-corrected chi connectivity index (χ0v) is 11.1. The molecule has 0 aliphatic rings. The number of nitrogen functional groups attached to an aromatic ring is 1. The van der Waals surface area contributed by atoms with Crippen LogP contribution in [0.1, 0.15) is 11.4 Å². The Balaban J connectivity index is 2.19. The van der Waals surface area contributed by atoms with Gasteiger partial charge in [0.1, 0.15) is 0 Å². The molecule has 0 atom stereocenters. The molecule has 0 amide bonds. The first-order valence-electron chi connectivity index (χ1n) is 5.52. The minimum absolute atomic E-state index is 0.0839. The van der Waals surface area contributed by atoms with E-state index >= 15 is 0 Å². The van der Waals surface area contributed by atoms with E-state index in [-0.39, 0.29) is 11.7 Å². The number of anilines is 1. The van der Waals surface area contributed by atoms with Crippen LogP contribution >= 0.6 is 11.8 Å². The van der Waals surface area contributed by atoms with Crippen molar-refractivity contribution in [2.24, 2.45) is 0 Å². The second kappa shape index (κ2) is 5.70. The Hall–Kier alpha value is -2.09. The third-order valence-corrected chi connectivity index (χ3v) is 3.29. The standard InChI is InChI=1S/C11H13N5O2S/c1-7-3-2-4-8(13-7)5-16-10(12)14-15-11(16)19-6-9(17)18/h2-4H,5-6H2,1H3,(H2,12,14)(H,17,18). The maximum atomic E-state index is 10.6. The fraction of sp³-hybridized carbons (Fsp3) is 0.273. The summed E-state index contributed by atoms with van der Waals surface area (Å²) in [4.78, 5) is 14.9. The van der Waals surface area contributed by atoms with Crippen LogP contribution in [0.2, 0.25) is 0 Å². The highest BCUT2D eigenvalue weighted by molar-refractivity contribution is 7.99. The Kier molecular flexibility index (Phi) is 4.00. The number of carboxylic acid groups (broad SMARTS) is 1. The molecule has 3 N–H and O–H groups in total. The first-order valence-corrected chi connectivity index (χ1v) is 6.50. The normalized spacial score (nSPS) is 10.6. The van der Waals surface area contributed by atoms with E-state index in [1.165, 1.54) is 0 Å². The maximum Gasteiger partial charge on any atom is 0.313 e. The molecule has 7 nitrogen and oxygen atoms in total. The first kappa shape index (κ1) is 13.3. The van der Waals surface area contributed by atoms with Crippen molar-refractivity contribution in [3.05, 3.63) is 29.6 Å².